The number of amides is 1. The van der Waals surface area contributed by atoms with Gasteiger partial charge < -0.3 is 10.0 Å². The maximum atomic E-state index is 13.4. The molecular formula is C16H13BrFNO2. The van der Waals surface area contributed by atoms with Crippen molar-refractivity contribution in [1.82, 2.24) is 0 Å². The molecule has 5 heteroatoms. The smallest absolute Gasteiger partial charge is 0.231 e. The predicted octanol–water partition coefficient (Wildman–Crippen LogP) is 3.19. The average Bonchev–Trinajstić information content (AvgIpc) is 2.71. The number of nitrogens with zero attached hydrogens (tertiary/aromatic N) is 1. The van der Waals surface area contributed by atoms with E-state index >= 15 is 0 Å². The first-order chi connectivity index (χ1) is 9.95. The molecule has 0 aliphatic carbocycles. The second kappa shape index (κ2) is 5.24. The third kappa shape index (κ3) is 2.59. The zero-order valence-electron chi connectivity index (χ0n) is 11.3. The van der Waals surface area contributed by atoms with E-state index in [1.54, 1.807) is 30.1 Å². The van der Waals surface area contributed by atoms with Gasteiger partial charge >= 0.3 is 0 Å². The molecule has 21 heavy (non-hydrogen) atoms. The third-order valence-electron chi connectivity index (χ3n) is 3.70. The lowest BCUT2D eigenvalue weighted by molar-refractivity contribution is -0.117. The van der Waals surface area contributed by atoms with Crippen LogP contribution in [-0.2, 0) is 11.2 Å². The van der Waals surface area contributed by atoms with Crippen LogP contribution >= 0.6 is 15.9 Å². The Kier molecular flexibility index (Phi) is 3.55. The van der Waals surface area contributed by atoms with Gasteiger partial charge in [0.1, 0.15) is 11.9 Å². The first-order valence-corrected chi connectivity index (χ1v) is 7.28. The van der Waals surface area contributed by atoms with Crippen LogP contribution < -0.4 is 4.90 Å². The van der Waals surface area contributed by atoms with Crippen LogP contribution in [0.4, 0.5) is 10.1 Å². The van der Waals surface area contributed by atoms with Gasteiger partial charge in [-0.15, -0.1) is 0 Å². The van der Waals surface area contributed by atoms with Crippen LogP contribution in [0.3, 0.4) is 0 Å². The van der Waals surface area contributed by atoms with E-state index in [0.717, 1.165) is 11.3 Å². The number of halogens is 2. The quantitative estimate of drug-likeness (QED) is 0.904. The number of benzene rings is 2. The minimum absolute atomic E-state index is 0.0325. The molecule has 0 spiro atoms. The Balaban J connectivity index is 1.98. The molecule has 0 saturated heterocycles. The maximum Gasteiger partial charge on any atom is 0.231 e. The number of aliphatic hydroxyl groups is 1. The molecule has 0 fully saturated rings. The van der Waals surface area contributed by atoms with E-state index in [-0.39, 0.29) is 5.91 Å². The lowest BCUT2D eigenvalue weighted by Gasteiger charge is -2.15. The van der Waals surface area contributed by atoms with Crippen molar-refractivity contribution in [2.45, 2.75) is 12.5 Å². The van der Waals surface area contributed by atoms with Crippen molar-refractivity contribution in [3.8, 4) is 0 Å². The summed E-state index contributed by atoms with van der Waals surface area (Å²) in [4.78, 5) is 13.3. The monoisotopic (exact) mass is 349 g/mol. The zero-order valence-corrected chi connectivity index (χ0v) is 12.9. The summed E-state index contributed by atoms with van der Waals surface area (Å²) in [6, 6.07) is 9.70. The van der Waals surface area contributed by atoms with Crippen LogP contribution in [0.5, 0.6) is 0 Å². The van der Waals surface area contributed by atoms with E-state index < -0.39 is 11.9 Å². The number of rotatable bonds is 2. The van der Waals surface area contributed by atoms with Crippen LogP contribution in [0.25, 0.3) is 0 Å². The van der Waals surface area contributed by atoms with Gasteiger partial charge in [-0.05, 0) is 41.0 Å². The summed E-state index contributed by atoms with van der Waals surface area (Å²) in [6.07, 6.45) is -0.595. The predicted molar refractivity (Wildman–Crippen MR) is 81.7 cm³/mol. The van der Waals surface area contributed by atoms with Crippen LogP contribution in [0.2, 0.25) is 0 Å². The number of aliphatic hydroxyl groups excluding tert-OH is 1. The zero-order chi connectivity index (χ0) is 15.1. The number of likely N-dealkylation sites (N-methyl/N-ethyl adjacent to an activating group) is 1. The standard InChI is InChI=1S/C16H13BrFNO2/c1-19-14-3-2-9(4-10(14)7-15(19)20)16(21)11-5-12(17)8-13(18)6-11/h2-6,8,16,21H,7H2,1H3. The molecule has 0 radical (unpaired) electrons. The van der Waals surface area contributed by atoms with E-state index in [2.05, 4.69) is 15.9 Å². The normalized spacial score (nSPS) is 15.2. The number of fused-ring (bicyclic) bond motifs is 1. The highest BCUT2D eigenvalue weighted by Gasteiger charge is 2.25. The summed E-state index contributed by atoms with van der Waals surface area (Å²) in [5, 5.41) is 10.4. The van der Waals surface area contributed by atoms with Crippen LogP contribution in [0, 0.1) is 5.82 Å². The molecule has 1 heterocycles. The van der Waals surface area contributed by atoms with Crippen LogP contribution in [0.1, 0.15) is 22.8 Å². The summed E-state index contributed by atoms with van der Waals surface area (Å²) >= 11 is 3.22. The summed E-state index contributed by atoms with van der Waals surface area (Å²) in [7, 11) is 1.73. The molecule has 2 aromatic carbocycles. The summed E-state index contributed by atoms with van der Waals surface area (Å²) < 4.78 is 14.0. The molecule has 0 saturated carbocycles. The van der Waals surface area contributed by atoms with Crippen molar-refractivity contribution in [3.63, 3.8) is 0 Å². The van der Waals surface area contributed by atoms with Gasteiger partial charge in [0.15, 0.2) is 0 Å². The molecule has 108 valence electrons. The summed E-state index contributed by atoms with van der Waals surface area (Å²) in [5.74, 6) is -0.375. The van der Waals surface area contributed by atoms with Crippen LogP contribution in [0.15, 0.2) is 40.9 Å². The fourth-order valence-corrected chi connectivity index (χ4v) is 3.07. The third-order valence-corrected chi connectivity index (χ3v) is 4.15. The van der Waals surface area contributed by atoms with Crippen molar-refractivity contribution in [3.05, 3.63) is 63.4 Å². The van der Waals surface area contributed by atoms with Crippen molar-refractivity contribution >= 4 is 27.5 Å². The van der Waals surface area contributed by atoms with Gasteiger partial charge in [-0.2, -0.15) is 0 Å². The Bertz CT molecular complexity index is 712. The van der Waals surface area contributed by atoms with Crippen molar-refractivity contribution < 1.29 is 14.3 Å². The van der Waals surface area contributed by atoms with Gasteiger partial charge in [0, 0.05) is 17.2 Å². The molecule has 3 rings (SSSR count). The first-order valence-electron chi connectivity index (χ1n) is 6.49. The number of hydrogen-bond acceptors (Lipinski definition) is 2. The molecule has 1 aliphatic heterocycles. The van der Waals surface area contributed by atoms with Gasteiger partial charge in [-0.25, -0.2) is 4.39 Å². The highest BCUT2D eigenvalue weighted by Crippen LogP contribution is 2.32. The number of hydrogen-bond donors (Lipinski definition) is 1. The molecule has 0 bridgehead atoms. The highest BCUT2D eigenvalue weighted by molar-refractivity contribution is 9.10. The fraction of sp³-hybridized carbons (Fsp3) is 0.188. The van der Waals surface area contributed by atoms with Gasteiger partial charge in [0.25, 0.3) is 0 Å². The lowest BCUT2D eigenvalue weighted by Crippen LogP contribution is -2.20. The van der Waals surface area contributed by atoms with Crippen LogP contribution in [-0.4, -0.2) is 18.1 Å². The van der Waals surface area contributed by atoms with E-state index in [9.17, 15) is 14.3 Å². The minimum Gasteiger partial charge on any atom is -0.384 e. The molecule has 0 aromatic heterocycles. The lowest BCUT2D eigenvalue weighted by atomic mass is 9.98. The van der Waals surface area contributed by atoms with E-state index in [1.165, 1.54) is 12.1 Å². The Morgan fingerprint density at radius 3 is 2.71 bits per heavy atom. The summed E-state index contributed by atoms with van der Waals surface area (Å²) in [6.45, 7) is 0. The second-order valence-corrected chi connectivity index (χ2v) is 6.04. The molecule has 1 atom stereocenters. The highest BCUT2D eigenvalue weighted by atomic mass is 79.9. The Morgan fingerprint density at radius 1 is 1.24 bits per heavy atom. The second-order valence-electron chi connectivity index (χ2n) is 5.12. The van der Waals surface area contributed by atoms with Crippen molar-refractivity contribution in [1.29, 1.82) is 0 Å². The van der Waals surface area contributed by atoms with Gasteiger partial charge in [0.2, 0.25) is 5.91 Å². The maximum absolute atomic E-state index is 13.4. The van der Waals surface area contributed by atoms with E-state index in [0.29, 0.717) is 22.0 Å². The van der Waals surface area contributed by atoms with Crippen molar-refractivity contribution in [2.24, 2.45) is 0 Å². The largest absolute Gasteiger partial charge is 0.384 e. The molecule has 2 aromatic rings. The Morgan fingerprint density at radius 2 is 2.00 bits per heavy atom. The molecule has 1 N–H and O–H groups in total. The molecule has 1 unspecified atom stereocenters. The van der Waals surface area contributed by atoms with Gasteiger partial charge in [-0.3, -0.25) is 4.79 Å². The fourth-order valence-electron chi connectivity index (χ4n) is 2.59. The van der Waals surface area contributed by atoms with E-state index in [1.807, 2.05) is 6.07 Å². The van der Waals surface area contributed by atoms with E-state index in [4.69, 9.17) is 0 Å². The van der Waals surface area contributed by atoms with Crippen molar-refractivity contribution in [2.75, 3.05) is 11.9 Å². The number of anilines is 1. The first kappa shape index (κ1) is 14.2. The molecule has 3 nitrogen and oxygen atoms in total. The summed E-state index contributed by atoms with van der Waals surface area (Å²) in [5.41, 5.74) is 2.86. The number of carbonyl (C=O) groups excluding carboxylic acids is 1. The molecular weight excluding hydrogens is 337 g/mol. The minimum atomic E-state index is -0.927. The molecule has 1 aliphatic rings. The Hall–Kier alpha value is -1.72. The van der Waals surface area contributed by atoms with Gasteiger partial charge in [0.05, 0.1) is 6.42 Å². The Labute approximate surface area is 130 Å². The average molecular weight is 350 g/mol. The van der Waals surface area contributed by atoms with Gasteiger partial charge in [-0.1, -0.05) is 28.1 Å². The number of carbonyl (C=O) groups is 1. The topological polar surface area (TPSA) is 40.5 Å². The molecule has 1 amide bonds. The SMILES string of the molecule is CN1C(=O)Cc2cc(C(O)c3cc(F)cc(Br)c3)ccc21.